The largest absolute Gasteiger partial charge is 0.481 e. The van der Waals surface area contributed by atoms with Gasteiger partial charge in [-0.25, -0.2) is 0 Å². The molecule has 0 radical (unpaired) electrons. The molecule has 3 rings (SSSR count). The Bertz CT molecular complexity index is 791. The number of hydrogen-bond acceptors (Lipinski definition) is 5. The fourth-order valence-electron chi connectivity index (χ4n) is 2.01. The molecule has 0 spiro atoms. The van der Waals surface area contributed by atoms with Gasteiger partial charge in [-0.3, -0.25) is 9.89 Å². The number of nitrogens with two attached hydrogens (primary N) is 1. The molecule has 2 heterocycles. The molecule has 0 fully saturated rings. The van der Waals surface area contributed by atoms with Crippen molar-refractivity contribution in [3.8, 4) is 22.9 Å². The first-order chi connectivity index (χ1) is 10.1. The number of aliphatic carboxylic acids is 1. The average molecular weight is 284 g/mol. The van der Waals surface area contributed by atoms with Crippen LogP contribution in [0.1, 0.15) is 5.56 Å². The summed E-state index contributed by atoms with van der Waals surface area (Å²) >= 11 is 0. The van der Waals surface area contributed by atoms with Crippen LogP contribution < -0.4 is 5.73 Å². The number of nitrogens with zero attached hydrogens (tertiary/aromatic N) is 2. The fraction of sp³-hybridized carbons (Fsp3) is 0.0714. The van der Waals surface area contributed by atoms with E-state index in [2.05, 4.69) is 15.2 Å². The van der Waals surface area contributed by atoms with Crippen molar-refractivity contribution in [2.45, 2.75) is 6.42 Å². The van der Waals surface area contributed by atoms with Crippen molar-refractivity contribution in [1.29, 1.82) is 0 Å². The lowest BCUT2D eigenvalue weighted by molar-refractivity contribution is -0.136. The van der Waals surface area contributed by atoms with Gasteiger partial charge in [0.25, 0.3) is 0 Å². The quantitative estimate of drug-likeness (QED) is 0.673. The van der Waals surface area contributed by atoms with Crippen molar-refractivity contribution in [2.24, 2.45) is 0 Å². The number of benzene rings is 1. The first kappa shape index (κ1) is 12.9. The molecule has 3 aromatic rings. The molecule has 0 unspecified atom stereocenters. The molecule has 1 aromatic carbocycles. The molecule has 0 bridgehead atoms. The summed E-state index contributed by atoms with van der Waals surface area (Å²) in [5.74, 6) is 0.848. The zero-order chi connectivity index (χ0) is 14.8. The SMILES string of the molecule is Nc1n[nH]c(-c2ccc(-c3cccc(CC(=O)O)c3)o2)n1. The first-order valence-corrected chi connectivity index (χ1v) is 6.21. The zero-order valence-corrected chi connectivity index (χ0v) is 10.9. The van der Waals surface area contributed by atoms with Gasteiger partial charge in [0.1, 0.15) is 5.76 Å². The van der Waals surface area contributed by atoms with Crippen molar-refractivity contribution in [2.75, 3.05) is 5.73 Å². The minimum absolute atomic E-state index is 0.0277. The second-order valence-corrected chi connectivity index (χ2v) is 4.48. The number of rotatable bonds is 4. The predicted molar refractivity (Wildman–Crippen MR) is 75.3 cm³/mol. The van der Waals surface area contributed by atoms with Crippen molar-refractivity contribution in [3.05, 3.63) is 42.0 Å². The van der Waals surface area contributed by atoms with Crippen molar-refractivity contribution < 1.29 is 14.3 Å². The molecule has 4 N–H and O–H groups in total. The molecule has 7 heteroatoms. The summed E-state index contributed by atoms with van der Waals surface area (Å²) < 4.78 is 5.69. The maximum Gasteiger partial charge on any atom is 0.307 e. The zero-order valence-electron chi connectivity index (χ0n) is 10.9. The second kappa shape index (κ2) is 5.12. The van der Waals surface area contributed by atoms with E-state index in [9.17, 15) is 4.79 Å². The Hall–Kier alpha value is -3.09. The Balaban J connectivity index is 1.91. The Morgan fingerprint density at radius 2 is 2.10 bits per heavy atom. The topological polar surface area (TPSA) is 118 Å². The molecular formula is C14H12N4O3. The molecule has 7 nitrogen and oxygen atoms in total. The highest BCUT2D eigenvalue weighted by atomic mass is 16.4. The normalized spacial score (nSPS) is 10.7. The molecule has 0 aliphatic rings. The van der Waals surface area contributed by atoms with E-state index in [0.717, 1.165) is 5.56 Å². The van der Waals surface area contributed by atoms with Crippen LogP contribution in [0.5, 0.6) is 0 Å². The molecule has 0 aliphatic carbocycles. The van der Waals surface area contributed by atoms with E-state index in [0.29, 0.717) is 22.9 Å². The molecule has 0 amide bonds. The monoisotopic (exact) mass is 284 g/mol. The van der Waals surface area contributed by atoms with Gasteiger partial charge in [-0.1, -0.05) is 18.2 Å². The van der Waals surface area contributed by atoms with E-state index in [1.807, 2.05) is 6.07 Å². The summed E-state index contributed by atoms with van der Waals surface area (Å²) in [5.41, 5.74) is 6.96. The van der Waals surface area contributed by atoms with Gasteiger partial charge in [0.05, 0.1) is 6.42 Å². The predicted octanol–water partition coefficient (Wildman–Crippen LogP) is 1.94. The summed E-state index contributed by atoms with van der Waals surface area (Å²) in [6.45, 7) is 0. The van der Waals surface area contributed by atoms with Gasteiger partial charge < -0.3 is 15.3 Å². The van der Waals surface area contributed by atoms with Crippen LogP contribution in [0.3, 0.4) is 0 Å². The third-order valence-electron chi connectivity index (χ3n) is 2.91. The van der Waals surface area contributed by atoms with Gasteiger partial charge in [0, 0.05) is 5.56 Å². The number of H-pyrrole nitrogens is 1. The number of aromatic nitrogens is 3. The summed E-state index contributed by atoms with van der Waals surface area (Å²) in [4.78, 5) is 14.7. The van der Waals surface area contributed by atoms with E-state index in [4.69, 9.17) is 15.3 Å². The molecule has 0 saturated heterocycles. The van der Waals surface area contributed by atoms with E-state index < -0.39 is 5.97 Å². The van der Waals surface area contributed by atoms with Gasteiger partial charge >= 0.3 is 5.97 Å². The highest BCUT2D eigenvalue weighted by molar-refractivity contribution is 5.71. The van der Waals surface area contributed by atoms with Crippen LogP contribution in [0.4, 0.5) is 5.95 Å². The number of carboxylic acid groups (broad SMARTS) is 1. The fourth-order valence-corrected chi connectivity index (χ4v) is 2.01. The molecule has 0 saturated carbocycles. The van der Waals surface area contributed by atoms with Crippen LogP contribution in [0, 0.1) is 0 Å². The number of aromatic amines is 1. The van der Waals surface area contributed by atoms with Gasteiger partial charge in [0.15, 0.2) is 11.6 Å². The summed E-state index contributed by atoms with van der Waals surface area (Å²) in [5, 5.41) is 15.2. The Morgan fingerprint density at radius 1 is 1.29 bits per heavy atom. The van der Waals surface area contributed by atoms with Crippen LogP contribution in [0.25, 0.3) is 22.9 Å². The third kappa shape index (κ3) is 2.76. The van der Waals surface area contributed by atoms with Crippen molar-refractivity contribution in [3.63, 3.8) is 0 Å². The standard InChI is InChI=1S/C14H12N4O3/c15-14-16-13(17-18-14)11-5-4-10(21-11)9-3-1-2-8(6-9)7-12(19)20/h1-6H,7H2,(H,19,20)(H3,15,16,17,18). The Morgan fingerprint density at radius 3 is 2.81 bits per heavy atom. The number of anilines is 1. The van der Waals surface area contributed by atoms with E-state index >= 15 is 0 Å². The lowest BCUT2D eigenvalue weighted by Gasteiger charge is -2.01. The molecule has 2 aromatic heterocycles. The Kier molecular flexibility index (Phi) is 3.15. The van der Waals surface area contributed by atoms with Crippen molar-refractivity contribution >= 4 is 11.9 Å². The first-order valence-electron chi connectivity index (χ1n) is 6.21. The number of furan rings is 1. The summed E-state index contributed by atoms with van der Waals surface area (Å²) in [6, 6.07) is 10.7. The average Bonchev–Trinajstić information content (AvgIpc) is 3.06. The van der Waals surface area contributed by atoms with E-state index in [1.165, 1.54) is 0 Å². The lowest BCUT2D eigenvalue weighted by Crippen LogP contribution is -1.99. The van der Waals surface area contributed by atoms with Gasteiger partial charge in [-0.15, -0.1) is 5.10 Å². The van der Waals surface area contributed by atoms with Crippen LogP contribution in [-0.4, -0.2) is 26.3 Å². The van der Waals surface area contributed by atoms with Crippen molar-refractivity contribution in [1.82, 2.24) is 15.2 Å². The van der Waals surface area contributed by atoms with Gasteiger partial charge in [-0.2, -0.15) is 4.98 Å². The lowest BCUT2D eigenvalue weighted by atomic mass is 10.1. The van der Waals surface area contributed by atoms with Gasteiger partial charge in [0.2, 0.25) is 5.95 Å². The minimum atomic E-state index is -0.871. The van der Waals surface area contributed by atoms with Crippen LogP contribution >= 0.6 is 0 Å². The molecule has 0 aliphatic heterocycles. The highest BCUT2D eigenvalue weighted by Crippen LogP contribution is 2.27. The summed E-state index contributed by atoms with van der Waals surface area (Å²) in [6.07, 6.45) is -0.0277. The van der Waals surface area contributed by atoms with Crippen LogP contribution in [0.2, 0.25) is 0 Å². The van der Waals surface area contributed by atoms with E-state index in [1.54, 1.807) is 30.3 Å². The van der Waals surface area contributed by atoms with E-state index in [-0.39, 0.29) is 12.4 Å². The third-order valence-corrected chi connectivity index (χ3v) is 2.91. The Labute approximate surface area is 119 Å². The highest BCUT2D eigenvalue weighted by Gasteiger charge is 2.11. The maximum atomic E-state index is 10.8. The molecule has 106 valence electrons. The molecule has 21 heavy (non-hydrogen) atoms. The number of carboxylic acids is 1. The smallest absolute Gasteiger partial charge is 0.307 e. The molecule has 0 atom stereocenters. The maximum absolute atomic E-state index is 10.8. The van der Waals surface area contributed by atoms with Gasteiger partial charge in [-0.05, 0) is 23.8 Å². The number of nitrogen functional groups attached to an aromatic ring is 1. The summed E-state index contributed by atoms with van der Waals surface area (Å²) in [7, 11) is 0. The van der Waals surface area contributed by atoms with Crippen LogP contribution in [0.15, 0.2) is 40.8 Å². The second-order valence-electron chi connectivity index (χ2n) is 4.48. The number of nitrogens with one attached hydrogen (secondary N) is 1. The number of hydrogen-bond donors (Lipinski definition) is 3. The van der Waals surface area contributed by atoms with Crippen LogP contribution in [-0.2, 0) is 11.2 Å². The number of carbonyl (C=O) groups is 1. The minimum Gasteiger partial charge on any atom is -0.481 e. The molecular weight excluding hydrogens is 272 g/mol.